The molecule has 0 heterocycles. The predicted molar refractivity (Wildman–Crippen MR) is 84.9 cm³/mol. The molecule has 0 nitrogen and oxygen atoms in total. The predicted octanol–water partition coefficient (Wildman–Crippen LogP) is 6.69. The van der Waals surface area contributed by atoms with Gasteiger partial charge in [0.15, 0.2) is 0 Å². The second-order valence-corrected chi connectivity index (χ2v) is 7.00. The Kier molecular flexibility index (Phi) is 8.99. The highest BCUT2D eigenvalue weighted by molar-refractivity contribution is 4.79. The van der Waals surface area contributed by atoms with Crippen LogP contribution in [0.1, 0.15) is 93.4 Å². The zero-order valence-corrected chi connectivity index (χ0v) is 14.2. The van der Waals surface area contributed by atoms with E-state index in [0.29, 0.717) is 5.41 Å². The van der Waals surface area contributed by atoms with Crippen molar-refractivity contribution in [3.8, 4) is 0 Å². The second-order valence-electron chi connectivity index (χ2n) is 7.00. The minimum atomic E-state index is 0.521. The van der Waals surface area contributed by atoms with Crippen LogP contribution in [-0.2, 0) is 0 Å². The first-order valence-electron chi connectivity index (χ1n) is 8.42. The summed E-state index contributed by atoms with van der Waals surface area (Å²) in [5.41, 5.74) is 0.521. The molecule has 0 aromatic carbocycles. The Morgan fingerprint density at radius 1 is 0.833 bits per heavy atom. The Hall–Kier alpha value is 0. The van der Waals surface area contributed by atoms with E-state index >= 15 is 0 Å². The molecular weight excluding hydrogens is 216 g/mol. The molecule has 0 aliphatic carbocycles. The van der Waals surface area contributed by atoms with Crippen LogP contribution in [-0.4, -0.2) is 0 Å². The van der Waals surface area contributed by atoms with Crippen molar-refractivity contribution in [3.63, 3.8) is 0 Å². The lowest BCUT2D eigenvalue weighted by Crippen LogP contribution is -2.26. The van der Waals surface area contributed by atoms with E-state index in [2.05, 4.69) is 48.5 Å². The lowest BCUT2D eigenvalue weighted by Gasteiger charge is -2.36. The van der Waals surface area contributed by atoms with Gasteiger partial charge in [-0.2, -0.15) is 0 Å². The molecule has 0 aromatic heterocycles. The van der Waals surface area contributed by atoms with Crippen molar-refractivity contribution < 1.29 is 0 Å². The van der Waals surface area contributed by atoms with E-state index < -0.39 is 0 Å². The normalized spacial score (nSPS) is 17.5. The zero-order valence-electron chi connectivity index (χ0n) is 14.2. The van der Waals surface area contributed by atoms with Gasteiger partial charge in [0.2, 0.25) is 0 Å². The highest BCUT2D eigenvalue weighted by Gasteiger charge is 2.29. The largest absolute Gasteiger partial charge is 0.0654 e. The van der Waals surface area contributed by atoms with Gasteiger partial charge in [-0.25, -0.2) is 0 Å². The molecule has 3 atom stereocenters. The summed E-state index contributed by atoms with van der Waals surface area (Å²) in [4.78, 5) is 0. The molecule has 0 radical (unpaired) electrons. The molecule has 0 aromatic rings. The maximum absolute atomic E-state index is 2.48. The van der Waals surface area contributed by atoms with E-state index in [1.165, 1.54) is 44.9 Å². The van der Waals surface area contributed by atoms with Gasteiger partial charge in [-0.1, -0.05) is 80.6 Å². The minimum Gasteiger partial charge on any atom is -0.0654 e. The van der Waals surface area contributed by atoms with Crippen molar-refractivity contribution in [3.05, 3.63) is 0 Å². The maximum atomic E-state index is 2.48. The molecule has 0 fully saturated rings. The molecule has 18 heavy (non-hydrogen) atoms. The van der Waals surface area contributed by atoms with Crippen molar-refractivity contribution >= 4 is 0 Å². The fourth-order valence-electron chi connectivity index (χ4n) is 3.50. The van der Waals surface area contributed by atoms with Crippen molar-refractivity contribution in [2.45, 2.75) is 93.4 Å². The fourth-order valence-corrected chi connectivity index (χ4v) is 3.50. The summed E-state index contributed by atoms with van der Waals surface area (Å²) in [6, 6.07) is 0. The Morgan fingerprint density at radius 2 is 1.39 bits per heavy atom. The summed E-state index contributed by atoms with van der Waals surface area (Å²) in [6.45, 7) is 16.8. The van der Waals surface area contributed by atoms with Crippen molar-refractivity contribution in [2.24, 2.45) is 23.2 Å². The average Bonchev–Trinajstić information content (AvgIpc) is 2.33. The third-order valence-electron chi connectivity index (χ3n) is 5.26. The molecule has 0 bridgehead atoms. The number of hydrogen-bond donors (Lipinski definition) is 0. The number of rotatable bonds is 10. The number of hydrogen-bond acceptors (Lipinski definition) is 0. The van der Waals surface area contributed by atoms with Crippen LogP contribution in [0.3, 0.4) is 0 Å². The lowest BCUT2D eigenvalue weighted by atomic mass is 9.69. The van der Waals surface area contributed by atoms with E-state index in [4.69, 9.17) is 0 Å². The summed E-state index contributed by atoms with van der Waals surface area (Å²) >= 11 is 0. The Labute approximate surface area is 117 Å². The van der Waals surface area contributed by atoms with Gasteiger partial charge in [-0.3, -0.25) is 0 Å². The Balaban J connectivity index is 4.50. The third kappa shape index (κ3) is 5.76. The van der Waals surface area contributed by atoms with E-state index in [9.17, 15) is 0 Å². The summed E-state index contributed by atoms with van der Waals surface area (Å²) < 4.78 is 0. The average molecular weight is 255 g/mol. The van der Waals surface area contributed by atoms with Crippen LogP contribution in [0.5, 0.6) is 0 Å². The molecule has 0 saturated heterocycles. The van der Waals surface area contributed by atoms with E-state index in [-0.39, 0.29) is 0 Å². The quantitative estimate of drug-likeness (QED) is 0.407. The maximum Gasteiger partial charge on any atom is -0.0329 e. The highest BCUT2D eigenvalue weighted by atomic mass is 14.3. The molecule has 0 aliphatic heterocycles. The minimum absolute atomic E-state index is 0.521. The van der Waals surface area contributed by atoms with Gasteiger partial charge in [0.1, 0.15) is 0 Å². The van der Waals surface area contributed by atoms with Crippen LogP contribution in [0, 0.1) is 23.2 Å². The van der Waals surface area contributed by atoms with Gasteiger partial charge in [0.05, 0.1) is 0 Å². The summed E-state index contributed by atoms with van der Waals surface area (Å²) in [6.07, 6.45) is 9.63. The highest BCUT2D eigenvalue weighted by Crippen LogP contribution is 2.39. The molecule has 3 unspecified atom stereocenters. The van der Waals surface area contributed by atoms with Crippen LogP contribution < -0.4 is 0 Å². The monoisotopic (exact) mass is 254 g/mol. The van der Waals surface area contributed by atoms with Crippen LogP contribution in [0.4, 0.5) is 0 Å². The van der Waals surface area contributed by atoms with Crippen LogP contribution in [0.25, 0.3) is 0 Å². The van der Waals surface area contributed by atoms with Crippen molar-refractivity contribution in [1.82, 2.24) is 0 Å². The van der Waals surface area contributed by atoms with Gasteiger partial charge in [0.25, 0.3) is 0 Å². The topological polar surface area (TPSA) is 0 Å². The Morgan fingerprint density at radius 3 is 1.78 bits per heavy atom. The summed E-state index contributed by atoms with van der Waals surface area (Å²) in [5, 5.41) is 0. The molecule has 0 rings (SSSR count). The first-order chi connectivity index (χ1) is 8.42. The first-order valence-corrected chi connectivity index (χ1v) is 8.42. The standard InChI is InChI=1S/C18H38/c1-8-12-16(10-3)17(11-4)14-15(5)18(6,7)13-9-2/h15-17H,8-14H2,1-7H3. The van der Waals surface area contributed by atoms with Crippen LogP contribution in [0.15, 0.2) is 0 Å². The van der Waals surface area contributed by atoms with Crippen molar-refractivity contribution in [1.29, 1.82) is 0 Å². The summed E-state index contributed by atoms with van der Waals surface area (Å²) in [5.74, 6) is 2.76. The fraction of sp³-hybridized carbons (Fsp3) is 1.00. The second kappa shape index (κ2) is 8.99. The first kappa shape index (κ1) is 18.0. The molecule has 0 N–H and O–H groups in total. The molecule has 0 amide bonds. The van der Waals surface area contributed by atoms with E-state index in [1.807, 2.05) is 0 Å². The molecule has 0 aliphatic rings. The van der Waals surface area contributed by atoms with Crippen molar-refractivity contribution in [2.75, 3.05) is 0 Å². The van der Waals surface area contributed by atoms with Crippen LogP contribution in [0.2, 0.25) is 0 Å². The van der Waals surface area contributed by atoms with Gasteiger partial charge >= 0.3 is 0 Å². The third-order valence-corrected chi connectivity index (χ3v) is 5.26. The summed E-state index contributed by atoms with van der Waals surface area (Å²) in [7, 11) is 0. The molecule has 0 heteroatoms. The van der Waals surface area contributed by atoms with Gasteiger partial charge in [-0.15, -0.1) is 0 Å². The molecule has 0 saturated carbocycles. The zero-order chi connectivity index (χ0) is 14.2. The van der Waals surface area contributed by atoms with Gasteiger partial charge in [-0.05, 0) is 36.0 Å². The SMILES string of the molecule is CCCC(CC)C(CC)CC(C)C(C)(C)CCC. The molecule has 0 spiro atoms. The Bertz CT molecular complexity index is 192. The molecular formula is C18H38. The smallest absolute Gasteiger partial charge is 0.0329 e. The van der Waals surface area contributed by atoms with E-state index in [1.54, 1.807) is 0 Å². The lowest BCUT2D eigenvalue weighted by molar-refractivity contribution is 0.144. The van der Waals surface area contributed by atoms with E-state index in [0.717, 1.165) is 17.8 Å². The van der Waals surface area contributed by atoms with Crippen LogP contribution >= 0.6 is 0 Å². The van der Waals surface area contributed by atoms with Gasteiger partial charge in [0, 0.05) is 0 Å². The molecule has 110 valence electrons. The van der Waals surface area contributed by atoms with Gasteiger partial charge < -0.3 is 0 Å².